The molecule has 0 fully saturated rings. The van der Waals surface area contributed by atoms with Crippen molar-refractivity contribution in [3.8, 4) is 0 Å². The van der Waals surface area contributed by atoms with Gasteiger partial charge in [0.25, 0.3) is 5.91 Å². The topological polar surface area (TPSA) is 59.2 Å². The number of hydrogen-bond acceptors (Lipinski definition) is 3. The summed E-state index contributed by atoms with van der Waals surface area (Å²) in [5.41, 5.74) is 5.67. The van der Waals surface area contributed by atoms with Crippen LogP contribution in [0.3, 0.4) is 0 Å². The standard InChI is InChI=1S/C10H14FN3O.2ClH/c1-7(4-12)14(2)10(15)8-3-9(11)6-13-5-8;;/h3,5-7H,4,12H2,1-2H3;2*1H. The molecule has 0 aliphatic heterocycles. The zero-order valence-corrected chi connectivity index (χ0v) is 11.2. The summed E-state index contributed by atoms with van der Waals surface area (Å²) in [5.74, 6) is -0.797. The SMILES string of the molecule is CC(CN)N(C)C(=O)c1cncc(F)c1.Cl.Cl. The molecule has 0 aliphatic rings. The Hall–Kier alpha value is -0.910. The van der Waals surface area contributed by atoms with E-state index in [9.17, 15) is 9.18 Å². The van der Waals surface area contributed by atoms with Crippen molar-refractivity contribution < 1.29 is 9.18 Å². The fraction of sp³-hybridized carbons (Fsp3) is 0.400. The second kappa shape index (κ2) is 8.22. The maximum Gasteiger partial charge on any atom is 0.255 e. The average molecular weight is 284 g/mol. The van der Waals surface area contributed by atoms with Gasteiger partial charge in [-0.1, -0.05) is 0 Å². The maximum atomic E-state index is 12.8. The van der Waals surface area contributed by atoms with Gasteiger partial charge in [-0.3, -0.25) is 9.78 Å². The summed E-state index contributed by atoms with van der Waals surface area (Å²) in [4.78, 5) is 16.8. The van der Waals surface area contributed by atoms with E-state index in [0.717, 1.165) is 12.3 Å². The highest BCUT2D eigenvalue weighted by Gasteiger charge is 2.16. The number of carbonyl (C=O) groups is 1. The molecule has 1 rings (SSSR count). The van der Waals surface area contributed by atoms with Crippen molar-refractivity contribution >= 4 is 30.7 Å². The molecule has 1 unspecified atom stereocenters. The summed E-state index contributed by atoms with van der Waals surface area (Å²) < 4.78 is 12.8. The Labute approximate surface area is 112 Å². The van der Waals surface area contributed by atoms with E-state index < -0.39 is 5.82 Å². The molecule has 4 nitrogen and oxygen atoms in total. The first-order valence-electron chi connectivity index (χ1n) is 4.64. The van der Waals surface area contributed by atoms with Crippen molar-refractivity contribution in [2.75, 3.05) is 13.6 Å². The number of nitrogens with two attached hydrogens (primary N) is 1. The molecular weight excluding hydrogens is 268 g/mol. The Morgan fingerprint density at radius 2 is 2.12 bits per heavy atom. The summed E-state index contributed by atoms with van der Waals surface area (Å²) in [7, 11) is 1.63. The van der Waals surface area contributed by atoms with Gasteiger partial charge in [0.2, 0.25) is 0 Å². The quantitative estimate of drug-likeness (QED) is 0.914. The highest BCUT2D eigenvalue weighted by atomic mass is 35.5. The number of carbonyl (C=O) groups excluding carboxylic acids is 1. The first-order chi connectivity index (χ1) is 7.06. The Morgan fingerprint density at radius 1 is 1.53 bits per heavy atom. The molecule has 1 amide bonds. The predicted octanol–water partition coefficient (Wildman–Crippen LogP) is 1.48. The third-order valence-electron chi connectivity index (χ3n) is 2.27. The predicted molar refractivity (Wildman–Crippen MR) is 69.3 cm³/mol. The number of aromatic nitrogens is 1. The molecule has 1 aromatic heterocycles. The van der Waals surface area contributed by atoms with Crippen LogP contribution in [0.15, 0.2) is 18.5 Å². The minimum absolute atomic E-state index is 0. The van der Waals surface area contributed by atoms with Crippen molar-refractivity contribution in [1.82, 2.24) is 9.88 Å². The van der Waals surface area contributed by atoms with Crippen molar-refractivity contribution in [3.05, 3.63) is 29.8 Å². The van der Waals surface area contributed by atoms with Crippen LogP contribution in [0.2, 0.25) is 0 Å². The number of nitrogens with zero attached hydrogens (tertiary/aromatic N) is 2. The van der Waals surface area contributed by atoms with Crippen molar-refractivity contribution in [2.45, 2.75) is 13.0 Å². The van der Waals surface area contributed by atoms with E-state index in [2.05, 4.69) is 4.98 Å². The fourth-order valence-electron chi connectivity index (χ4n) is 1.09. The smallest absolute Gasteiger partial charge is 0.255 e. The second-order valence-corrected chi connectivity index (χ2v) is 3.39. The minimum atomic E-state index is -0.519. The molecule has 1 atom stereocenters. The van der Waals surface area contributed by atoms with E-state index in [0.29, 0.717) is 6.54 Å². The molecular formula is C10H16Cl2FN3O. The Bertz CT molecular complexity index is 365. The molecule has 2 N–H and O–H groups in total. The van der Waals surface area contributed by atoms with E-state index in [1.807, 2.05) is 6.92 Å². The molecule has 1 aromatic rings. The van der Waals surface area contributed by atoms with Gasteiger partial charge in [-0.05, 0) is 13.0 Å². The van der Waals surface area contributed by atoms with Crippen LogP contribution in [-0.2, 0) is 0 Å². The number of pyridine rings is 1. The molecule has 0 spiro atoms. The third kappa shape index (κ3) is 4.85. The van der Waals surface area contributed by atoms with Crippen LogP contribution in [0, 0.1) is 5.82 Å². The summed E-state index contributed by atoms with van der Waals surface area (Å²) in [5, 5.41) is 0. The fourth-order valence-corrected chi connectivity index (χ4v) is 1.09. The Morgan fingerprint density at radius 3 is 2.59 bits per heavy atom. The van der Waals surface area contributed by atoms with Crippen LogP contribution >= 0.6 is 24.8 Å². The minimum Gasteiger partial charge on any atom is -0.338 e. The molecule has 0 saturated heterocycles. The number of rotatable bonds is 3. The highest BCUT2D eigenvalue weighted by Crippen LogP contribution is 2.06. The lowest BCUT2D eigenvalue weighted by atomic mass is 10.2. The van der Waals surface area contributed by atoms with Gasteiger partial charge < -0.3 is 10.6 Å². The molecule has 0 bridgehead atoms. The van der Waals surface area contributed by atoms with E-state index in [1.165, 1.54) is 11.1 Å². The van der Waals surface area contributed by atoms with E-state index in [-0.39, 0.29) is 42.3 Å². The van der Waals surface area contributed by atoms with Crippen LogP contribution in [0.4, 0.5) is 4.39 Å². The van der Waals surface area contributed by atoms with Gasteiger partial charge in [0.1, 0.15) is 5.82 Å². The van der Waals surface area contributed by atoms with E-state index in [1.54, 1.807) is 7.05 Å². The summed E-state index contributed by atoms with van der Waals surface area (Å²) in [6, 6.07) is 1.08. The molecule has 98 valence electrons. The van der Waals surface area contributed by atoms with Gasteiger partial charge in [-0.15, -0.1) is 24.8 Å². The van der Waals surface area contributed by atoms with Gasteiger partial charge in [0.05, 0.1) is 11.8 Å². The van der Waals surface area contributed by atoms with Gasteiger partial charge in [0, 0.05) is 25.8 Å². The van der Waals surface area contributed by atoms with Crippen molar-refractivity contribution in [1.29, 1.82) is 0 Å². The maximum absolute atomic E-state index is 12.8. The van der Waals surface area contributed by atoms with E-state index >= 15 is 0 Å². The van der Waals surface area contributed by atoms with Gasteiger partial charge >= 0.3 is 0 Å². The zero-order valence-electron chi connectivity index (χ0n) is 9.59. The van der Waals surface area contributed by atoms with Crippen molar-refractivity contribution in [3.63, 3.8) is 0 Å². The molecule has 0 radical (unpaired) electrons. The van der Waals surface area contributed by atoms with Gasteiger partial charge in [-0.25, -0.2) is 4.39 Å². The van der Waals surface area contributed by atoms with E-state index in [4.69, 9.17) is 5.73 Å². The molecule has 0 saturated carbocycles. The largest absolute Gasteiger partial charge is 0.338 e. The number of amides is 1. The number of halogens is 3. The van der Waals surface area contributed by atoms with Crippen LogP contribution < -0.4 is 5.73 Å². The number of hydrogen-bond donors (Lipinski definition) is 1. The van der Waals surface area contributed by atoms with Crippen molar-refractivity contribution in [2.24, 2.45) is 5.73 Å². The first kappa shape index (κ1) is 18.5. The normalized spacial score (nSPS) is 10.8. The zero-order chi connectivity index (χ0) is 11.4. The molecule has 7 heteroatoms. The van der Waals surface area contributed by atoms with Gasteiger partial charge in [0.15, 0.2) is 0 Å². The lowest BCUT2D eigenvalue weighted by Gasteiger charge is -2.23. The second-order valence-electron chi connectivity index (χ2n) is 3.39. The van der Waals surface area contributed by atoms with Crippen LogP contribution in [0.25, 0.3) is 0 Å². The monoisotopic (exact) mass is 283 g/mol. The lowest BCUT2D eigenvalue weighted by molar-refractivity contribution is 0.0747. The Kier molecular flexibility index (Phi) is 8.92. The summed E-state index contributed by atoms with van der Waals surface area (Å²) >= 11 is 0. The van der Waals surface area contributed by atoms with Crippen LogP contribution in [-0.4, -0.2) is 35.4 Å². The van der Waals surface area contributed by atoms with Crippen LogP contribution in [0.5, 0.6) is 0 Å². The average Bonchev–Trinajstić information content (AvgIpc) is 2.26. The first-order valence-corrected chi connectivity index (χ1v) is 4.64. The summed E-state index contributed by atoms with van der Waals surface area (Å²) in [6.07, 6.45) is 2.40. The molecule has 0 aromatic carbocycles. The molecule has 0 aliphatic carbocycles. The summed E-state index contributed by atoms with van der Waals surface area (Å²) in [6.45, 7) is 2.19. The number of likely N-dealkylation sites (N-methyl/N-ethyl adjacent to an activating group) is 1. The van der Waals surface area contributed by atoms with Gasteiger partial charge in [-0.2, -0.15) is 0 Å². The third-order valence-corrected chi connectivity index (χ3v) is 2.27. The molecule has 1 heterocycles. The Balaban J connectivity index is 0. The molecule has 17 heavy (non-hydrogen) atoms. The highest BCUT2D eigenvalue weighted by molar-refractivity contribution is 5.93. The van der Waals surface area contributed by atoms with Crippen LogP contribution in [0.1, 0.15) is 17.3 Å². The lowest BCUT2D eigenvalue weighted by Crippen LogP contribution is -2.39.